The van der Waals surface area contributed by atoms with Crippen LogP contribution in [0.5, 0.6) is 0 Å². The molecule has 0 radical (unpaired) electrons. The van der Waals surface area contributed by atoms with Crippen molar-refractivity contribution in [2.75, 3.05) is 0 Å². The van der Waals surface area contributed by atoms with Crippen LogP contribution < -0.4 is 5.73 Å². The van der Waals surface area contributed by atoms with Crippen LogP contribution in [0.25, 0.3) is 5.65 Å². The van der Waals surface area contributed by atoms with Crippen LogP contribution in [0.15, 0.2) is 24.5 Å². The molecule has 3 nitrogen and oxygen atoms in total. The number of aromatic nitrogens is 2. The molecule has 0 saturated heterocycles. The van der Waals surface area contributed by atoms with E-state index in [1.54, 1.807) is 6.20 Å². The smallest absolute Gasteiger partial charge is 0.136 e. The minimum Gasteiger partial charge on any atom is -0.326 e. The Balaban J connectivity index is 2.78. The maximum absolute atomic E-state index is 5.58. The average molecular weight is 161 g/mol. The summed E-state index contributed by atoms with van der Waals surface area (Å²) >= 11 is 0. The molecule has 0 aliphatic rings. The van der Waals surface area contributed by atoms with Crippen LogP contribution in [-0.4, -0.2) is 9.38 Å². The lowest BCUT2D eigenvalue weighted by atomic mass is 10.2. The Kier molecular flexibility index (Phi) is 1.59. The van der Waals surface area contributed by atoms with Gasteiger partial charge in [-0.1, -0.05) is 6.07 Å². The molecule has 0 atom stereocenters. The summed E-state index contributed by atoms with van der Waals surface area (Å²) in [7, 11) is 0. The van der Waals surface area contributed by atoms with Crippen LogP contribution >= 0.6 is 0 Å². The van der Waals surface area contributed by atoms with Gasteiger partial charge in [0.1, 0.15) is 5.65 Å². The second kappa shape index (κ2) is 2.60. The van der Waals surface area contributed by atoms with E-state index in [0.29, 0.717) is 6.54 Å². The third kappa shape index (κ3) is 0.905. The van der Waals surface area contributed by atoms with Crippen molar-refractivity contribution < 1.29 is 0 Å². The summed E-state index contributed by atoms with van der Waals surface area (Å²) in [6, 6.07) is 4.01. The molecule has 2 rings (SSSR count). The standard InChI is InChI=1S/C9H11N3/c1-7-8(6-10)2-3-9-11-4-5-12(7)9/h2-5H,6,10H2,1H3. The fourth-order valence-electron chi connectivity index (χ4n) is 1.39. The highest BCUT2D eigenvalue weighted by molar-refractivity contribution is 5.42. The van der Waals surface area contributed by atoms with E-state index in [-0.39, 0.29) is 0 Å². The molecule has 2 heterocycles. The Morgan fingerprint density at radius 2 is 2.33 bits per heavy atom. The van der Waals surface area contributed by atoms with Crippen molar-refractivity contribution in [2.24, 2.45) is 5.73 Å². The van der Waals surface area contributed by atoms with Gasteiger partial charge in [-0.15, -0.1) is 0 Å². The molecule has 0 saturated carbocycles. The van der Waals surface area contributed by atoms with Gasteiger partial charge in [0.2, 0.25) is 0 Å². The molecule has 2 aromatic heterocycles. The first-order valence-corrected chi connectivity index (χ1v) is 3.94. The number of imidazole rings is 1. The topological polar surface area (TPSA) is 43.3 Å². The zero-order valence-corrected chi connectivity index (χ0v) is 6.99. The lowest BCUT2D eigenvalue weighted by Gasteiger charge is -2.04. The normalized spacial score (nSPS) is 10.8. The number of fused-ring (bicyclic) bond motifs is 1. The number of hydrogen-bond acceptors (Lipinski definition) is 2. The van der Waals surface area contributed by atoms with E-state index in [1.165, 1.54) is 11.3 Å². The number of nitrogens with two attached hydrogens (primary N) is 1. The van der Waals surface area contributed by atoms with Gasteiger partial charge in [0.15, 0.2) is 0 Å². The molecule has 0 unspecified atom stereocenters. The highest BCUT2D eigenvalue weighted by Gasteiger charge is 2.00. The maximum Gasteiger partial charge on any atom is 0.136 e. The van der Waals surface area contributed by atoms with Gasteiger partial charge in [0, 0.05) is 24.6 Å². The molecule has 3 heteroatoms. The van der Waals surface area contributed by atoms with Crippen LogP contribution in [0.3, 0.4) is 0 Å². The second-order valence-electron chi connectivity index (χ2n) is 2.80. The number of hydrogen-bond donors (Lipinski definition) is 1. The monoisotopic (exact) mass is 161 g/mol. The molecule has 2 N–H and O–H groups in total. The fourth-order valence-corrected chi connectivity index (χ4v) is 1.39. The molecule has 0 spiro atoms. The Hall–Kier alpha value is -1.35. The minimum atomic E-state index is 0.583. The summed E-state index contributed by atoms with van der Waals surface area (Å²) in [5.41, 5.74) is 8.89. The summed E-state index contributed by atoms with van der Waals surface area (Å²) in [6.07, 6.45) is 3.74. The van der Waals surface area contributed by atoms with Gasteiger partial charge in [-0.3, -0.25) is 0 Å². The molecule has 0 fully saturated rings. The summed E-state index contributed by atoms with van der Waals surface area (Å²) < 4.78 is 2.04. The van der Waals surface area contributed by atoms with Gasteiger partial charge in [0.25, 0.3) is 0 Å². The average Bonchev–Trinajstić information content (AvgIpc) is 2.53. The Bertz CT molecular complexity index is 403. The van der Waals surface area contributed by atoms with E-state index in [9.17, 15) is 0 Å². The van der Waals surface area contributed by atoms with E-state index < -0.39 is 0 Å². The predicted molar refractivity (Wildman–Crippen MR) is 47.8 cm³/mol. The summed E-state index contributed by atoms with van der Waals surface area (Å²) in [6.45, 7) is 2.64. The third-order valence-electron chi connectivity index (χ3n) is 2.15. The molecule has 0 aliphatic heterocycles. The number of nitrogens with zero attached hydrogens (tertiary/aromatic N) is 2. The lowest BCUT2D eigenvalue weighted by molar-refractivity contribution is 0.977. The Morgan fingerprint density at radius 1 is 1.50 bits per heavy atom. The molecule has 62 valence electrons. The number of aryl methyl sites for hydroxylation is 1. The van der Waals surface area contributed by atoms with Crippen LogP contribution in [0.4, 0.5) is 0 Å². The Labute approximate surface area is 70.8 Å². The van der Waals surface area contributed by atoms with Crippen LogP contribution in [0.1, 0.15) is 11.3 Å². The van der Waals surface area contributed by atoms with Crippen molar-refractivity contribution in [1.29, 1.82) is 0 Å². The van der Waals surface area contributed by atoms with E-state index >= 15 is 0 Å². The van der Waals surface area contributed by atoms with Crippen molar-refractivity contribution in [1.82, 2.24) is 9.38 Å². The molecule has 0 aromatic carbocycles. The zero-order chi connectivity index (χ0) is 8.55. The SMILES string of the molecule is Cc1c(CN)ccc2nccn12. The summed E-state index contributed by atoms with van der Waals surface area (Å²) in [5, 5.41) is 0. The van der Waals surface area contributed by atoms with Gasteiger partial charge >= 0.3 is 0 Å². The van der Waals surface area contributed by atoms with Gasteiger partial charge in [0.05, 0.1) is 0 Å². The Morgan fingerprint density at radius 3 is 3.08 bits per heavy atom. The first kappa shape index (κ1) is 7.31. The lowest BCUT2D eigenvalue weighted by Crippen LogP contribution is -2.02. The molecule has 0 bridgehead atoms. The van der Waals surface area contributed by atoms with Crippen molar-refractivity contribution in [3.63, 3.8) is 0 Å². The van der Waals surface area contributed by atoms with Gasteiger partial charge < -0.3 is 10.1 Å². The zero-order valence-electron chi connectivity index (χ0n) is 6.99. The maximum atomic E-state index is 5.58. The number of pyridine rings is 1. The largest absolute Gasteiger partial charge is 0.326 e. The van der Waals surface area contributed by atoms with Gasteiger partial charge in [-0.05, 0) is 18.6 Å². The second-order valence-corrected chi connectivity index (χ2v) is 2.80. The third-order valence-corrected chi connectivity index (χ3v) is 2.15. The van der Waals surface area contributed by atoms with E-state index in [1.807, 2.05) is 22.7 Å². The van der Waals surface area contributed by atoms with Crippen molar-refractivity contribution in [2.45, 2.75) is 13.5 Å². The minimum absolute atomic E-state index is 0.583. The number of rotatable bonds is 1. The first-order chi connectivity index (χ1) is 5.83. The summed E-state index contributed by atoms with van der Waals surface area (Å²) in [4.78, 5) is 4.18. The highest BCUT2D eigenvalue weighted by Crippen LogP contribution is 2.10. The van der Waals surface area contributed by atoms with E-state index in [2.05, 4.69) is 11.9 Å². The molecule has 0 amide bonds. The van der Waals surface area contributed by atoms with Crippen molar-refractivity contribution in [3.8, 4) is 0 Å². The molecule has 12 heavy (non-hydrogen) atoms. The quantitative estimate of drug-likeness (QED) is 0.680. The van der Waals surface area contributed by atoms with Crippen LogP contribution in [0.2, 0.25) is 0 Å². The predicted octanol–water partition coefficient (Wildman–Crippen LogP) is 1.10. The summed E-state index contributed by atoms with van der Waals surface area (Å²) in [5.74, 6) is 0. The van der Waals surface area contributed by atoms with Crippen LogP contribution in [-0.2, 0) is 6.54 Å². The molecular weight excluding hydrogens is 150 g/mol. The first-order valence-electron chi connectivity index (χ1n) is 3.94. The van der Waals surface area contributed by atoms with E-state index in [0.717, 1.165) is 5.65 Å². The van der Waals surface area contributed by atoms with Crippen LogP contribution in [0, 0.1) is 6.92 Å². The molecule has 0 aliphatic carbocycles. The van der Waals surface area contributed by atoms with E-state index in [4.69, 9.17) is 5.73 Å². The molecular formula is C9H11N3. The highest BCUT2D eigenvalue weighted by atomic mass is 15.0. The van der Waals surface area contributed by atoms with Crippen molar-refractivity contribution in [3.05, 3.63) is 35.8 Å². The van der Waals surface area contributed by atoms with Gasteiger partial charge in [-0.25, -0.2) is 4.98 Å². The van der Waals surface area contributed by atoms with Gasteiger partial charge in [-0.2, -0.15) is 0 Å². The molecule has 2 aromatic rings. The van der Waals surface area contributed by atoms with Crippen molar-refractivity contribution >= 4 is 5.65 Å². The fraction of sp³-hybridized carbons (Fsp3) is 0.222.